The van der Waals surface area contributed by atoms with Crippen molar-refractivity contribution >= 4 is 44.1 Å². The largest absolute Gasteiger partial charge is 0.335 e. The number of halogens is 1. The Hall–Kier alpha value is -1.99. The standard InChI is InChI=1S/C19H18BrN3O2S/c1-12-14-6-9-26-17(14)4-8-23(12)18(24)5-7-22-11-21-16-3-2-13(20)10-15(16)19(22)25/h2-3,6,9-12H,4-5,7-8H2,1H3/t12-/m0/s1. The van der Waals surface area contributed by atoms with Crippen LogP contribution in [0.25, 0.3) is 10.9 Å². The number of aryl methyl sites for hydroxylation is 1. The molecular weight excluding hydrogens is 414 g/mol. The van der Waals surface area contributed by atoms with Crippen molar-refractivity contribution in [1.29, 1.82) is 0 Å². The third-order valence-electron chi connectivity index (χ3n) is 4.95. The lowest BCUT2D eigenvalue weighted by Crippen LogP contribution is -2.39. The van der Waals surface area contributed by atoms with Crippen LogP contribution in [0, 0.1) is 0 Å². The van der Waals surface area contributed by atoms with Gasteiger partial charge in [0.25, 0.3) is 5.56 Å². The second-order valence-corrected chi connectivity index (χ2v) is 8.38. The number of benzene rings is 1. The normalized spacial score (nSPS) is 16.7. The molecule has 1 amide bonds. The third kappa shape index (κ3) is 3.10. The molecule has 1 aliphatic rings. The predicted octanol–water partition coefficient (Wildman–Crippen LogP) is 3.76. The Bertz CT molecular complexity index is 1040. The first-order valence-corrected chi connectivity index (χ1v) is 10.2. The first-order chi connectivity index (χ1) is 12.5. The Labute approximate surface area is 163 Å². The van der Waals surface area contributed by atoms with Crippen LogP contribution in [0.5, 0.6) is 0 Å². The molecule has 5 nitrogen and oxygen atoms in total. The number of carbonyl (C=O) groups is 1. The zero-order valence-electron chi connectivity index (χ0n) is 14.3. The fraction of sp³-hybridized carbons (Fsp3) is 0.316. The minimum Gasteiger partial charge on any atom is -0.335 e. The molecule has 0 aliphatic carbocycles. The SMILES string of the molecule is C[C@H]1c2ccsc2CCN1C(=O)CCn1cnc2ccc(Br)cc2c1=O. The van der Waals surface area contributed by atoms with Gasteiger partial charge in [0.05, 0.1) is 23.3 Å². The first-order valence-electron chi connectivity index (χ1n) is 8.55. The molecule has 0 saturated carbocycles. The van der Waals surface area contributed by atoms with Gasteiger partial charge in [-0.3, -0.25) is 14.2 Å². The second kappa shape index (κ2) is 6.96. The summed E-state index contributed by atoms with van der Waals surface area (Å²) in [6, 6.07) is 7.65. The quantitative estimate of drug-likeness (QED) is 0.634. The molecule has 2 aromatic heterocycles. The van der Waals surface area contributed by atoms with E-state index in [1.54, 1.807) is 17.4 Å². The van der Waals surface area contributed by atoms with Gasteiger partial charge in [0, 0.05) is 28.9 Å². The lowest BCUT2D eigenvalue weighted by Gasteiger charge is -2.33. The molecule has 1 atom stereocenters. The maximum Gasteiger partial charge on any atom is 0.261 e. The predicted molar refractivity (Wildman–Crippen MR) is 106 cm³/mol. The fourth-order valence-corrected chi connectivity index (χ4v) is 4.82. The van der Waals surface area contributed by atoms with Crippen LogP contribution < -0.4 is 5.56 Å². The van der Waals surface area contributed by atoms with E-state index in [4.69, 9.17) is 0 Å². The Morgan fingerprint density at radius 3 is 3.08 bits per heavy atom. The summed E-state index contributed by atoms with van der Waals surface area (Å²) in [6.45, 7) is 3.15. The van der Waals surface area contributed by atoms with Crippen molar-refractivity contribution < 1.29 is 4.79 Å². The number of nitrogens with zero attached hydrogens (tertiary/aromatic N) is 3. The van der Waals surface area contributed by atoms with Crippen molar-refractivity contribution in [3.63, 3.8) is 0 Å². The van der Waals surface area contributed by atoms with Gasteiger partial charge in [-0.05, 0) is 48.6 Å². The van der Waals surface area contributed by atoms with Crippen molar-refractivity contribution in [2.24, 2.45) is 0 Å². The van der Waals surface area contributed by atoms with E-state index in [0.717, 1.165) is 17.4 Å². The molecule has 3 aromatic rings. The van der Waals surface area contributed by atoms with E-state index < -0.39 is 0 Å². The molecule has 4 rings (SSSR count). The monoisotopic (exact) mass is 431 g/mol. The number of fused-ring (bicyclic) bond motifs is 2. The zero-order chi connectivity index (χ0) is 18.3. The van der Waals surface area contributed by atoms with Crippen LogP contribution in [-0.2, 0) is 17.8 Å². The number of hydrogen-bond donors (Lipinski definition) is 0. The van der Waals surface area contributed by atoms with Crippen LogP contribution in [-0.4, -0.2) is 26.9 Å². The molecule has 7 heteroatoms. The summed E-state index contributed by atoms with van der Waals surface area (Å²) in [5, 5.41) is 2.65. The molecule has 0 spiro atoms. The second-order valence-electron chi connectivity index (χ2n) is 6.47. The molecule has 1 aliphatic heterocycles. The average molecular weight is 432 g/mol. The number of thiophene rings is 1. The first kappa shape index (κ1) is 17.4. The van der Waals surface area contributed by atoms with Gasteiger partial charge in [0.15, 0.2) is 0 Å². The van der Waals surface area contributed by atoms with E-state index in [-0.39, 0.29) is 17.5 Å². The average Bonchev–Trinajstić information content (AvgIpc) is 3.11. The maximum absolute atomic E-state index is 12.7. The molecule has 1 aromatic carbocycles. The number of amides is 1. The lowest BCUT2D eigenvalue weighted by molar-refractivity contribution is -0.134. The van der Waals surface area contributed by atoms with Crippen LogP contribution in [0.3, 0.4) is 0 Å². The zero-order valence-corrected chi connectivity index (χ0v) is 16.7. The highest BCUT2D eigenvalue weighted by molar-refractivity contribution is 9.10. The molecule has 0 fully saturated rings. The molecule has 0 saturated heterocycles. The molecule has 3 heterocycles. The summed E-state index contributed by atoms with van der Waals surface area (Å²) < 4.78 is 2.36. The topological polar surface area (TPSA) is 55.2 Å². The van der Waals surface area contributed by atoms with Crippen molar-refractivity contribution in [2.75, 3.05) is 6.54 Å². The maximum atomic E-state index is 12.7. The minimum absolute atomic E-state index is 0.0792. The van der Waals surface area contributed by atoms with E-state index in [1.165, 1.54) is 21.3 Å². The highest BCUT2D eigenvalue weighted by atomic mass is 79.9. The highest BCUT2D eigenvalue weighted by Crippen LogP contribution is 2.33. The van der Waals surface area contributed by atoms with E-state index in [2.05, 4.69) is 39.3 Å². The molecule has 0 bridgehead atoms. The van der Waals surface area contributed by atoms with Gasteiger partial charge in [-0.1, -0.05) is 15.9 Å². The number of rotatable bonds is 3. The Morgan fingerprint density at radius 2 is 2.23 bits per heavy atom. The number of aromatic nitrogens is 2. The van der Waals surface area contributed by atoms with Gasteiger partial charge in [-0.25, -0.2) is 4.98 Å². The smallest absolute Gasteiger partial charge is 0.261 e. The summed E-state index contributed by atoms with van der Waals surface area (Å²) in [4.78, 5) is 33.0. The van der Waals surface area contributed by atoms with Crippen LogP contribution in [0.1, 0.15) is 29.8 Å². The number of carbonyl (C=O) groups excluding carboxylic acids is 1. The molecule has 0 radical (unpaired) electrons. The van der Waals surface area contributed by atoms with Crippen LogP contribution in [0.4, 0.5) is 0 Å². The molecule has 134 valence electrons. The summed E-state index contributed by atoms with van der Waals surface area (Å²) in [7, 11) is 0. The van der Waals surface area contributed by atoms with Crippen molar-refractivity contribution in [1.82, 2.24) is 14.5 Å². The molecule has 26 heavy (non-hydrogen) atoms. The highest BCUT2D eigenvalue weighted by Gasteiger charge is 2.27. The summed E-state index contributed by atoms with van der Waals surface area (Å²) >= 11 is 5.15. The fourth-order valence-electron chi connectivity index (χ4n) is 3.50. The van der Waals surface area contributed by atoms with E-state index in [1.807, 2.05) is 17.0 Å². The third-order valence-corrected chi connectivity index (χ3v) is 6.44. The van der Waals surface area contributed by atoms with Gasteiger partial charge in [-0.15, -0.1) is 11.3 Å². The molecule has 0 N–H and O–H groups in total. The van der Waals surface area contributed by atoms with Crippen LogP contribution >= 0.6 is 27.3 Å². The summed E-state index contributed by atoms with van der Waals surface area (Å²) in [6.07, 6.45) is 2.74. The van der Waals surface area contributed by atoms with Gasteiger partial charge in [-0.2, -0.15) is 0 Å². The summed E-state index contributed by atoms with van der Waals surface area (Å²) in [5.74, 6) is 0.0792. The Balaban J connectivity index is 1.51. The Morgan fingerprint density at radius 1 is 1.38 bits per heavy atom. The van der Waals surface area contributed by atoms with Gasteiger partial charge in [0.1, 0.15) is 0 Å². The lowest BCUT2D eigenvalue weighted by atomic mass is 10.0. The van der Waals surface area contributed by atoms with Gasteiger partial charge in [0.2, 0.25) is 5.91 Å². The van der Waals surface area contributed by atoms with Gasteiger partial charge >= 0.3 is 0 Å². The summed E-state index contributed by atoms with van der Waals surface area (Å²) in [5.41, 5.74) is 1.80. The van der Waals surface area contributed by atoms with E-state index >= 15 is 0 Å². The number of hydrogen-bond acceptors (Lipinski definition) is 4. The van der Waals surface area contributed by atoms with Crippen LogP contribution in [0.15, 0.2) is 45.2 Å². The minimum atomic E-state index is -0.115. The van der Waals surface area contributed by atoms with E-state index in [0.29, 0.717) is 23.9 Å². The van der Waals surface area contributed by atoms with Crippen molar-refractivity contribution in [2.45, 2.75) is 32.4 Å². The van der Waals surface area contributed by atoms with Crippen LogP contribution in [0.2, 0.25) is 0 Å². The van der Waals surface area contributed by atoms with Crippen molar-refractivity contribution in [3.8, 4) is 0 Å². The molecular formula is C19H18BrN3O2S. The molecule has 0 unspecified atom stereocenters. The van der Waals surface area contributed by atoms with Gasteiger partial charge < -0.3 is 4.90 Å². The van der Waals surface area contributed by atoms with E-state index in [9.17, 15) is 9.59 Å². The Kier molecular flexibility index (Phi) is 4.67. The van der Waals surface area contributed by atoms with Crippen molar-refractivity contribution in [3.05, 3.63) is 61.2 Å².